The molecular weight excluding hydrogens is 520 g/mol. The molecule has 8 nitrogen and oxygen atoms in total. The van der Waals surface area contributed by atoms with E-state index < -0.39 is 18.0 Å². The number of urea groups is 1. The van der Waals surface area contributed by atoms with Gasteiger partial charge in [0.2, 0.25) is 0 Å². The minimum Gasteiger partial charge on any atom is -0.461 e. The summed E-state index contributed by atoms with van der Waals surface area (Å²) in [6, 6.07) is 15.3. The van der Waals surface area contributed by atoms with Gasteiger partial charge in [-0.05, 0) is 62.1 Å². The highest BCUT2D eigenvalue weighted by Gasteiger charge is 2.28. The Labute approximate surface area is 243 Å². The number of amides is 2. The van der Waals surface area contributed by atoms with E-state index in [-0.39, 0.29) is 30.8 Å². The molecule has 2 N–H and O–H groups in total. The normalized spacial score (nSPS) is 13.9. The van der Waals surface area contributed by atoms with Crippen LogP contribution in [-0.4, -0.2) is 42.9 Å². The van der Waals surface area contributed by atoms with Gasteiger partial charge in [0.1, 0.15) is 18.5 Å². The average Bonchev–Trinajstić information content (AvgIpc) is 3.49. The molecule has 222 valence electrons. The smallest absolute Gasteiger partial charge is 0.333 e. The van der Waals surface area contributed by atoms with Crippen LogP contribution in [0.5, 0.6) is 0 Å². The Kier molecular flexibility index (Phi) is 14.1. The maximum absolute atomic E-state index is 12.9. The van der Waals surface area contributed by atoms with Crippen molar-refractivity contribution >= 4 is 23.6 Å². The summed E-state index contributed by atoms with van der Waals surface area (Å²) in [6.07, 6.45) is 8.59. The van der Waals surface area contributed by atoms with Crippen molar-refractivity contribution in [3.05, 3.63) is 71.3 Å². The minimum absolute atomic E-state index is 0.0921. The Morgan fingerprint density at radius 1 is 0.854 bits per heavy atom. The second-order valence-corrected chi connectivity index (χ2v) is 10.6. The van der Waals surface area contributed by atoms with Crippen molar-refractivity contribution in [2.45, 2.75) is 96.2 Å². The highest BCUT2D eigenvalue weighted by molar-refractivity contribution is 5.85. The van der Waals surface area contributed by atoms with E-state index in [2.05, 4.69) is 10.6 Å². The molecule has 1 fully saturated rings. The number of ketones is 2. The molecule has 3 rings (SSSR count). The number of esters is 1. The van der Waals surface area contributed by atoms with Gasteiger partial charge in [0.25, 0.3) is 0 Å². The molecule has 0 saturated heterocycles. The van der Waals surface area contributed by atoms with Crippen molar-refractivity contribution in [3.8, 4) is 0 Å². The Morgan fingerprint density at radius 3 is 2.24 bits per heavy atom. The number of hydrogen-bond acceptors (Lipinski definition) is 6. The summed E-state index contributed by atoms with van der Waals surface area (Å²) in [4.78, 5) is 49.8. The monoisotopic (exact) mass is 564 g/mol. The van der Waals surface area contributed by atoms with E-state index in [1.165, 1.54) is 0 Å². The molecule has 0 spiro atoms. The quantitative estimate of drug-likeness (QED) is 0.176. The Hall–Kier alpha value is -3.52. The van der Waals surface area contributed by atoms with Crippen molar-refractivity contribution in [1.82, 2.24) is 10.6 Å². The summed E-state index contributed by atoms with van der Waals surface area (Å²) in [5.41, 5.74) is 2.44. The zero-order valence-electron chi connectivity index (χ0n) is 24.2. The predicted molar refractivity (Wildman–Crippen MR) is 157 cm³/mol. The molecule has 0 unspecified atom stereocenters. The maximum atomic E-state index is 12.9. The Balaban J connectivity index is 1.41. The van der Waals surface area contributed by atoms with Gasteiger partial charge < -0.3 is 20.1 Å². The van der Waals surface area contributed by atoms with E-state index in [1.54, 1.807) is 12.1 Å². The number of rotatable bonds is 18. The van der Waals surface area contributed by atoms with Gasteiger partial charge in [-0.2, -0.15) is 0 Å². The van der Waals surface area contributed by atoms with Gasteiger partial charge in [0.05, 0.1) is 0 Å². The van der Waals surface area contributed by atoms with Crippen LogP contribution in [0.15, 0.2) is 54.6 Å². The van der Waals surface area contributed by atoms with Crippen LogP contribution in [-0.2, 0) is 36.8 Å². The van der Waals surface area contributed by atoms with E-state index in [4.69, 9.17) is 9.47 Å². The van der Waals surface area contributed by atoms with Gasteiger partial charge in [-0.3, -0.25) is 9.59 Å². The van der Waals surface area contributed by atoms with Crippen molar-refractivity contribution in [1.29, 1.82) is 0 Å². The van der Waals surface area contributed by atoms with Crippen molar-refractivity contribution in [3.63, 3.8) is 0 Å². The number of Topliss-reactive ketones (excluding diaryl/α,β-unsaturated/α-hetero) is 2. The van der Waals surface area contributed by atoms with Gasteiger partial charge in [-0.25, -0.2) is 9.59 Å². The fraction of sp³-hybridized carbons (Fsp3) is 0.515. The second-order valence-electron chi connectivity index (χ2n) is 10.6. The number of nitrogens with one attached hydrogen (secondary N) is 2. The molecular formula is C33H44N2O6. The molecule has 0 aliphatic heterocycles. The number of carbonyl (C=O) groups excluding carboxylic acids is 4. The molecule has 1 aliphatic carbocycles. The van der Waals surface area contributed by atoms with Crippen molar-refractivity contribution in [2.24, 2.45) is 0 Å². The lowest BCUT2D eigenvalue weighted by molar-refractivity contribution is -0.151. The number of carbonyl (C=O) groups is 4. The summed E-state index contributed by atoms with van der Waals surface area (Å²) in [7, 11) is 0. The molecule has 8 heteroatoms. The highest BCUT2D eigenvalue weighted by Crippen LogP contribution is 2.24. The first kappa shape index (κ1) is 32.0. The first-order valence-corrected chi connectivity index (χ1v) is 14.9. The zero-order valence-corrected chi connectivity index (χ0v) is 24.2. The van der Waals surface area contributed by atoms with Crippen molar-refractivity contribution in [2.75, 3.05) is 13.2 Å². The van der Waals surface area contributed by atoms with Gasteiger partial charge in [-0.15, -0.1) is 0 Å². The SMILES string of the molecule is CCOCC(=O)CCCCCCC(=O)Cc1cccc(CNC(=O)N[C@H](C(=O)OC2CCCC2)c2ccccc2)c1. The standard InChI is InChI=1S/C33H44N2O6/c1-2-40-24-29(37)18-9-4-3-8-17-28(36)22-25-13-12-14-26(21-25)23-34-33(39)35-31(27-15-6-5-7-16-27)32(38)41-30-19-10-11-20-30/h5-7,12-16,21,30-31H,2-4,8-11,17-20,22-24H2,1H3,(H2,34,35,39)/t31-/m0/s1. The molecule has 1 atom stereocenters. The van der Waals surface area contributed by atoms with Crippen LogP contribution in [0.3, 0.4) is 0 Å². The topological polar surface area (TPSA) is 111 Å². The summed E-state index contributed by atoms with van der Waals surface area (Å²) >= 11 is 0. The third-order valence-corrected chi connectivity index (χ3v) is 7.20. The maximum Gasteiger partial charge on any atom is 0.333 e. The van der Waals surface area contributed by atoms with E-state index in [1.807, 2.05) is 49.4 Å². The number of ether oxygens (including phenoxy) is 2. The molecule has 2 aromatic rings. The van der Waals surface area contributed by atoms with Gasteiger partial charge in [0.15, 0.2) is 11.8 Å². The molecule has 0 radical (unpaired) electrons. The third kappa shape index (κ3) is 12.3. The number of benzene rings is 2. The highest BCUT2D eigenvalue weighted by atomic mass is 16.5. The summed E-state index contributed by atoms with van der Waals surface area (Å²) < 4.78 is 10.8. The van der Waals surface area contributed by atoms with Crippen LogP contribution >= 0.6 is 0 Å². The molecule has 2 aromatic carbocycles. The van der Waals surface area contributed by atoms with Crippen LogP contribution < -0.4 is 10.6 Å². The fourth-order valence-electron chi connectivity index (χ4n) is 4.98. The molecule has 0 aromatic heterocycles. The molecule has 1 aliphatic rings. The van der Waals surface area contributed by atoms with Gasteiger partial charge in [0, 0.05) is 32.4 Å². The lowest BCUT2D eigenvalue weighted by Gasteiger charge is -2.21. The van der Waals surface area contributed by atoms with Crippen molar-refractivity contribution < 1.29 is 28.7 Å². The first-order valence-electron chi connectivity index (χ1n) is 14.9. The summed E-state index contributed by atoms with van der Waals surface area (Å²) in [5, 5.41) is 5.60. The summed E-state index contributed by atoms with van der Waals surface area (Å²) in [6.45, 7) is 2.87. The van der Waals surface area contributed by atoms with Crippen LogP contribution in [0.25, 0.3) is 0 Å². The predicted octanol–water partition coefficient (Wildman–Crippen LogP) is 5.77. The summed E-state index contributed by atoms with van der Waals surface area (Å²) in [5.74, 6) is -0.145. The Bertz CT molecular complexity index is 1110. The van der Waals surface area contributed by atoms with E-state index in [9.17, 15) is 19.2 Å². The van der Waals surface area contributed by atoms with Crippen LogP contribution in [0.2, 0.25) is 0 Å². The average molecular weight is 565 g/mol. The molecule has 41 heavy (non-hydrogen) atoms. The number of unbranched alkanes of at least 4 members (excludes halogenated alkanes) is 3. The van der Waals surface area contributed by atoms with E-state index >= 15 is 0 Å². The van der Waals surface area contributed by atoms with Gasteiger partial charge >= 0.3 is 12.0 Å². The third-order valence-electron chi connectivity index (χ3n) is 7.20. The Morgan fingerprint density at radius 2 is 1.54 bits per heavy atom. The fourth-order valence-corrected chi connectivity index (χ4v) is 4.98. The molecule has 2 amide bonds. The molecule has 0 bridgehead atoms. The zero-order chi connectivity index (χ0) is 29.3. The second kappa shape index (κ2) is 18.0. The largest absolute Gasteiger partial charge is 0.461 e. The lowest BCUT2D eigenvalue weighted by atomic mass is 10.0. The van der Waals surface area contributed by atoms with Gasteiger partial charge in [-0.1, -0.05) is 67.4 Å². The number of hydrogen-bond donors (Lipinski definition) is 2. The van der Waals surface area contributed by atoms with Crippen LogP contribution in [0.4, 0.5) is 4.79 Å². The molecule has 1 saturated carbocycles. The van der Waals surface area contributed by atoms with Crippen LogP contribution in [0.1, 0.15) is 93.9 Å². The van der Waals surface area contributed by atoms with E-state index in [0.717, 1.165) is 62.5 Å². The molecule has 0 heterocycles. The van der Waals surface area contributed by atoms with Crippen LogP contribution in [0, 0.1) is 0 Å². The van der Waals surface area contributed by atoms with E-state index in [0.29, 0.717) is 31.4 Å². The lowest BCUT2D eigenvalue weighted by Crippen LogP contribution is -2.41. The minimum atomic E-state index is -0.892. The first-order chi connectivity index (χ1) is 19.9.